The summed E-state index contributed by atoms with van der Waals surface area (Å²) in [5.74, 6) is -0.492. The summed E-state index contributed by atoms with van der Waals surface area (Å²) in [5, 5.41) is 0. The Labute approximate surface area is 109 Å². The fourth-order valence-electron chi connectivity index (χ4n) is 1.31. The molecule has 0 N–H and O–H groups in total. The van der Waals surface area contributed by atoms with Crippen molar-refractivity contribution in [2.24, 2.45) is 0 Å². The van der Waals surface area contributed by atoms with Crippen LogP contribution in [0.5, 0.6) is 0 Å². The quantitative estimate of drug-likeness (QED) is 0.459. The zero-order valence-corrected chi connectivity index (χ0v) is 10.5. The van der Waals surface area contributed by atoms with Crippen LogP contribution in [0.3, 0.4) is 0 Å². The third-order valence-corrected chi connectivity index (χ3v) is 2.39. The molecule has 1 rings (SSSR count). The summed E-state index contributed by atoms with van der Waals surface area (Å²) in [4.78, 5) is 11.2. The molecule has 5 heteroatoms. The van der Waals surface area contributed by atoms with Crippen molar-refractivity contribution in [2.45, 2.75) is 25.9 Å². The molecule has 0 fully saturated rings. The normalized spacial score (nSPS) is 11.8. The number of carbonyl (C=O) groups excluding carboxylic acids is 1. The molecule has 0 bridgehead atoms. The molecule has 0 amide bonds. The van der Waals surface area contributed by atoms with Crippen LogP contribution >= 0.6 is 0 Å². The van der Waals surface area contributed by atoms with Gasteiger partial charge in [-0.15, -0.1) is 0 Å². The van der Waals surface area contributed by atoms with E-state index in [1.165, 1.54) is 24.3 Å². The summed E-state index contributed by atoms with van der Waals surface area (Å²) < 4.78 is 41.8. The number of carbonyl (C=O) groups is 1. The van der Waals surface area contributed by atoms with Crippen molar-refractivity contribution in [1.82, 2.24) is 0 Å². The van der Waals surface area contributed by atoms with Crippen molar-refractivity contribution in [3.05, 3.63) is 41.5 Å². The summed E-state index contributed by atoms with van der Waals surface area (Å²) in [6.07, 6.45) is 0.00374. The van der Waals surface area contributed by atoms with Gasteiger partial charge in [-0.2, -0.15) is 13.2 Å². The Kier molecular flexibility index (Phi) is 5.60. The van der Waals surface area contributed by atoms with E-state index >= 15 is 0 Å². The number of rotatable bonds is 5. The van der Waals surface area contributed by atoms with Crippen LogP contribution in [-0.4, -0.2) is 12.6 Å². The van der Waals surface area contributed by atoms with E-state index < -0.39 is 17.7 Å². The molecule has 0 atom stereocenters. The first-order chi connectivity index (χ1) is 8.93. The molecule has 1 aromatic rings. The molecule has 0 spiro atoms. The minimum atomic E-state index is -4.35. The minimum absolute atomic E-state index is 0.354. The van der Waals surface area contributed by atoms with Crippen LogP contribution in [0.2, 0.25) is 0 Å². The van der Waals surface area contributed by atoms with E-state index in [-0.39, 0.29) is 0 Å². The van der Waals surface area contributed by atoms with Crippen molar-refractivity contribution in [3.63, 3.8) is 0 Å². The Morgan fingerprint density at radius 1 is 1.26 bits per heavy atom. The highest BCUT2D eigenvalue weighted by atomic mass is 19.4. The highest BCUT2D eigenvalue weighted by molar-refractivity contribution is 5.87. The first-order valence-electron chi connectivity index (χ1n) is 5.95. The van der Waals surface area contributed by atoms with Gasteiger partial charge in [0, 0.05) is 6.08 Å². The number of esters is 1. The topological polar surface area (TPSA) is 26.3 Å². The fraction of sp³-hybridized carbons (Fsp3) is 0.357. The van der Waals surface area contributed by atoms with Crippen LogP contribution in [0.15, 0.2) is 30.3 Å². The van der Waals surface area contributed by atoms with E-state index in [0.717, 1.165) is 25.0 Å². The van der Waals surface area contributed by atoms with Crippen LogP contribution < -0.4 is 0 Å². The Morgan fingerprint density at radius 3 is 2.42 bits per heavy atom. The highest BCUT2D eigenvalue weighted by Crippen LogP contribution is 2.29. The maximum atomic E-state index is 12.3. The van der Waals surface area contributed by atoms with Gasteiger partial charge < -0.3 is 4.74 Å². The molecule has 0 radical (unpaired) electrons. The molecule has 0 aromatic heterocycles. The number of unbranched alkanes of at least 4 members (excludes halogenated alkanes) is 1. The molecular formula is C14H15F3O2. The number of ether oxygens (including phenoxy) is 1. The molecule has 104 valence electrons. The molecular weight excluding hydrogens is 257 g/mol. The summed E-state index contributed by atoms with van der Waals surface area (Å²) in [6, 6.07) is 4.56. The second-order valence-electron chi connectivity index (χ2n) is 3.97. The van der Waals surface area contributed by atoms with Gasteiger partial charge in [0.1, 0.15) is 0 Å². The van der Waals surface area contributed by atoms with Crippen molar-refractivity contribution >= 4 is 12.0 Å². The molecule has 0 aliphatic rings. The zero-order chi connectivity index (χ0) is 14.3. The van der Waals surface area contributed by atoms with Crippen LogP contribution in [-0.2, 0) is 15.7 Å². The van der Waals surface area contributed by atoms with Gasteiger partial charge >= 0.3 is 12.1 Å². The molecule has 0 saturated heterocycles. The molecule has 0 saturated carbocycles. The lowest BCUT2D eigenvalue weighted by Crippen LogP contribution is -2.04. The largest absolute Gasteiger partial charge is 0.463 e. The number of benzene rings is 1. The Balaban J connectivity index is 2.55. The highest BCUT2D eigenvalue weighted by Gasteiger charge is 2.29. The molecule has 0 aliphatic heterocycles. The second-order valence-corrected chi connectivity index (χ2v) is 3.97. The summed E-state index contributed by atoms with van der Waals surface area (Å²) >= 11 is 0. The van der Waals surface area contributed by atoms with Gasteiger partial charge in [0.25, 0.3) is 0 Å². The number of hydrogen-bond acceptors (Lipinski definition) is 2. The summed E-state index contributed by atoms with van der Waals surface area (Å²) in [6.45, 7) is 2.33. The van der Waals surface area contributed by atoms with Crippen LogP contribution in [0.1, 0.15) is 30.9 Å². The SMILES string of the molecule is CCCCOC(=O)/C=C/c1ccc(C(F)(F)F)cc1. The molecule has 0 heterocycles. The molecule has 1 aromatic carbocycles. The lowest BCUT2D eigenvalue weighted by molar-refractivity contribution is -0.138. The van der Waals surface area contributed by atoms with Crippen molar-refractivity contribution < 1.29 is 22.7 Å². The number of hydrogen-bond donors (Lipinski definition) is 0. The van der Waals surface area contributed by atoms with Crippen molar-refractivity contribution in [3.8, 4) is 0 Å². The van der Waals surface area contributed by atoms with Crippen molar-refractivity contribution in [2.75, 3.05) is 6.61 Å². The monoisotopic (exact) mass is 272 g/mol. The van der Waals surface area contributed by atoms with E-state index in [9.17, 15) is 18.0 Å². The summed E-state index contributed by atoms with van der Waals surface area (Å²) in [7, 11) is 0. The third-order valence-electron chi connectivity index (χ3n) is 2.39. The molecule has 19 heavy (non-hydrogen) atoms. The minimum Gasteiger partial charge on any atom is -0.463 e. The smallest absolute Gasteiger partial charge is 0.416 e. The number of halogens is 3. The van der Waals surface area contributed by atoms with Crippen LogP contribution in [0.25, 0.3) is 6.08 Å². The maximum absolute atomic E-state index is 12.3. The van der Waals surface area contributed by atoms with E-state index in [2.05, 4.69) is 0 Å². The van der Waals surface area contributed by atoms with Gasteiger partial charge in [-0.1, -0.05) is 25.5 Å². The van der Waals surface area contributed by atoms with Gasteiger partial charge in [0.15, 0.2) is 0 Å². The lowest BCUT2D eigenvalue weighted by atomic mass is 10.1. The Morgan fingerprint density at radius 2 is 1.89 bits per heavy atom. The first-order valence-corrected chi connectivity index (χ1v) is 5.95. The lowest BCUT2D eigenvalue weighted by Gasteiger charge is -2.05. The second kappa shape index (κ2) is 6.97. The molecule has 2 nitrogen and oxygen atoms in total. The van der Waals surface area contributed by atoms with E-state index in [4.69, 9.17) is 4.74 Å². The average Bonchev–Trinajstić information content (AvgIpc) is 2.36. The Hall–Kier alpha value is -1.78. The number of alkyl halides is 3. The zero-order valence-electron chi connectivity index (χ0n) is 10.5. The van der Waals surface area contributed by atoms with Crippen molar-refractivity contribution in [1.29, 1.82) is 0 Å². The van der Waals surface area contributed by atoms with Gasteiger partial charge in [-0.25, -0.2) is 4.79 Å². The van der Waals surface area contributed by atoms with Gasteiger partial charge in [0.05, 0.1) is 12.2 Å². The first kappa shape index (κ1) is 15.3. The molecule has 0 unspecified atom stereocenters. The van der Waals surface area contributed by atoms with E-state index in [1.54, 1.807) is 0 Å². The van der Waals surface area contributed by atoms with Crippen LogP contribution in [0.4, 0.5) is 13.2 Å². The molecule has 0 aliphatic carbocycles. The van der Waals surface area contributed by atoms with Gasteiger partial charge in [0.2, 0.25) is 0 Å². The van der Waals surface area contributed by atoms with E-state index in [1.807, 2.05) is 6.92 Å². The predicted octanol–water partition coefficient (Wildman–Crippen LogP) is 4.06. The third kappa shape index (κ3) is 5.59. The predicted molar refractivity (Wildman–Crippen MR) is 66.3 cm³/mol. The van der Waals surface area contributed by atoms with Gasteiger partial charge in [-0.3, -0.25) is 0 Å². The summed E-state index contributed by atoms with van der Waals surface area (Å²) in [5.41, 5.74) is -0.199. The maximum Gasteiger partial charge on any atom is 0.416 e. The fourth-order valence-corrected chi connectivity index (χ4v) is 1.31. The average molecular weight is 272 g/mol. The van der Waals surface area contributed by atoms with Crippen LogP contribution in [0, 0.1) is 0 Å². The van der Waals surface area contributed by atoms with E-state index in [0.29, 0.717) is 12.2 Å². The standard InChI is InChI=1S/C14H15F3O2/c1-2-3-10-19-13(18)9-6-11-4-7-12(8-5-11)14(15,16)17/h4-9H,2-3,10H2,1H3/b9-6+. The Bertz CT molecular complexity index is 433. The van der Waals surface area contributed by atoms with Gasteiger partial charge in [-0.05, 0) is 30.2 Å².